The zero-order valence-corrected chi connectivity index (χ0v) is 11.9. The van der Waals surface area contributed by atoms with E-state index in [-0.39, 0.29) is 5.60 Å². The SMILES string of the molecule is CC(C)(C#Cc1cccs1)O[Si](C)(C)C. The highest BCUT2D eigenvalue weighted by molar-refractivity contribution is 7.10. The maximum absolute atomic E-state index is 5.99. The minimum absolute atomic E-state index is 0.339. The summed E-state index contributed by atoms with van der Waals surface area (Å²) in [6, 6.07) is 4.04. The summed E-state index contributed by atoms with van der Waals surface area (Å²) in [5, 5.41) is 2.04. The molecule has 0 aliphatic rings. The molecule has 0 N–H and O–H groups in total. The Hall–Kier alpha value is -0.563. The lowest BCUT2D eigenvalue weighted by Crippen LogP contribution is -2.37. The molecular weight excluding hydrogens is 220 g/mol. The van der Waals surface area contributed by atoms with Gasteiger partial charge < -0.3 is 4.43 Å². The summed E-state index contributed by atoms with van der Waals surface area (Å²) in [6.07, 6.45) is 0. The van der Waals surface area contributed by atoms with E-state index in [0.717, 1.165) is 4.88 Å². The Labute approximate surface area is 97.6 Å². The van der Waals surface area contributed by atoms with Crippen molar-refractivity contribution in [3.05, 3.63) is 22.4 Å². The molecular formula is C12H18OSSi. The maximum atomic E-state index is 5.99. The molecule has 0 aliphatic carbocycles. The van der Waals surface area contributed by atoms with Gasteiger partial charge in [0, 0.05) is 0 Å². The van der Waals surface area contributed by atoms with Crippen LogP contribution in [0.1, 0.15) is 18.7 Å². The highest BCUT2D eigenvalue weighted by Crippen LogP contribution is 2.17. The van der Waals surface area contributed by atoms with Crippen LogP contribution in [0.5, 0.6) is 0 Å². The van der Waals surface area contributed by atoms with Crippen molar-refractivity contribution >= 4 is 19.7 Å². The fraction of sp³-hybridized carbons (Fsp3) is 0.500. The van der Waals surface area contributed by atoms with Gasteiger partial charge in [-0.2, -0.15) is 0 Å². The largest absolute Gasteiger partial charge is 0.402 e. The molecule has 0 radical (unpaired) electrons. The third-order valence-electron chi connectivity index (χ3n) is 1.57. The van der Waals surface area contributed by atoms with Gasteiger partial charge in [-0.3, -0.25) is 0 Å². The quantitative estimate of drug-likeness (QED) is 0.563. The van der Waals surface area contributed by atoms with Crippen molar-refractivity contribution in [3.8, 4) is 11.8 Å². The summed E-state index contributed by atoms with van der Waals surface area (Å²) in [5.74, 6) is 6.34. The summed E-state index contributed by atoms with van der Waals surface area (Å²) in [4.78, 5) is 1.10. The van der Waals surface area contributed by atoms with Crippen molar-refractivity contribution < 1.29 is 4.43 Å². The Morgan fingerprint density at radius 3 is 2.47 bits per heavy atom. The predicted molar refractivity (Wildman–Crippen MR) is 69.7 cm³/mol. The van der Waals surface area contributed by atoms with Crippen LogP contribution in [0.15, 0.2) is 17.5 Å². The Bertz CT molecular complexity index is 363. The first-order valence-electron chi connectivity index (χ1n) is 5.05. The van der Waals surface area contributed by atoms with Crippen LogP contribution in [-0.4, -0.2) is 13.9 Å². The molecule has 0 unspecified atom stereocenters. The lowest BCUT2D eigenvalue weighted by molar-refractivity contribution is 0.164. The normalized spacial score (nSPS) is 12.1. The zero-order valence-electron chi connectivity index (χ0n) is 10.0. The molecule has 1 aromatic heterocycles. The Morgan fingerprint density at radius 1 is 1.33 bits per heavy atom. The molecule has 0 saturated heterocycles. The van der Waals surface area contributed by atoms with Gasteiger partial charge in [-0.25, -0.2) is 0 Å². The van der Waals surface area contributed by atoms with Gasteiger partial charge in [0.25, 0.3) is 0 Å². The van der Waals surface area contributed by atoms with E-state index in [1.54, 1.807) is 11.3 Å². The van der Waals surface area contributed by atoms with Gasteiger partial charge in [0.15, 0.2) is 8.32 Å². The number of hydrogen-bond donors (Lipinski definition) is 0. The molecule has 0 aromatic carbocycles. The van der Waals surface area contributed by atoms with Gasteiger partial charge >= 0.3 is 0 Å². The second kappa shape index (κ2) is 4.52. The highest BCUT2D eigenvalue weighted by Gasteiger charge is 2.25. The van der Waals surface area contributed by atoms with Gasteiger partial charge in [-0.15, -0.1) is 11.3 Å². The third kappa shape index (κ3) is 5.17. The van der Waals surface area contributed by atoms with E-state index in [1.807, 2.05) is 31.4 Å². The topological polar surface area (TPSA) is 9.23 Å². The standard InChI is InChI=1S/C12H18OSSi/c1-12(2,13-15(3,4)5)9-8-11-7-6-10-14-11/h6-7,10H,1-5H3. The number of rotatable bonds is 2. The van der Waals surface area contributed by atoms with Crippen molar-refractivity contribution in [2.45, 2.75) is 39.1 Å². The summed E-state index contributed by atoms with van der Waals surface area (Å²) in [6.45, 7) is 10.6. The molecule has 1 heterocycles. The average Bonchev–Trinajstić information content (AvgIpc) is 2.47. The summed E-state index contributed by atoms with van der Waals surface area (Å²) < 4.78 is 5.99. The van der Waals surface area contributed by atoms with Crippen molar-refractivity contribution in [1.82, 2.24) is 0 Å². The van der Waals surface area contributed by atoms with Gasteiger partial charge in [0.05, 0.1) is 4.88 Å². The predicted octanol–water partition coefficient (Wildman–Crippen LogP) is 3.73. The Morgan fingerprint density at radius 2 is 2.00 bits per heavy atom. The molecule has 82 valence electrons. The molecule has 0 saturated carbocycles. The van der Waals surface area contributed by atoms with E-state index < -0.39 is 8.32 Å². The minimum atomic E-state index is -1.51. The lowest BCUT2D eigenvalue weighted by atomic mass is 10.1. The van der Waals surface area contributed by atoms with Crippen LogP contribution >= 0.6 is 11.3 Å². The smallest absolute Gasteiger partial charge is 0.185 e. The first-order valence-corrected chi connectivity index (χ1v) is 9.34. The third-order valence-corrected chi connectivity index (χ3v) is 3.48. The molecule has 0 bridgehead atoms. The summed E-state index contributed by atoms with van der Waals surface area (Å²) in [5.41, 5.74) is -0.339. The Kier molecular flexibility index (Phi) is 3.77. The fourth-order valence-electron chi connectivity index (χ4n) is 1.35. The maximum Gasteiger partial charge on any atom is 0.185 e. The monoisotopic (exact) mass is 238 g/mol. The zero-order chi connectivity index (χ0) is 11.5. The van der Waals surface area contributed by atoms with Crippen molar-refractivity contribution in [2.75, 3.05) is 0 Å². The molecule has 0 spiro atoms. The van der Waals surface area contributed by atoms with Gasteiger partial charge in [-0.05, 0) is 44.9 Å². The Balaban J connectivity index is 2.71. The highest BCUT2D eigenvalue weighted by atomic mass is 32.1. The van der Waals surface area contributed by atoms with Crippen LogP contribution < -0.4 is 0 Å². The van der Waals surface area contributed by atoms with Crippen LogP contribution in [0.4, 0.5) is 0 Å². The lowest BCUT2D eigenvalue weighted by Gasteiger charge is -2.28. The van der Waals surface area contributed by atoms with E-state index >= 15 is 0 Å². The average molecular weight is 238 g/mol. The molecule has 0 amide bonds. The van der Waals surface area contributed by atoms with Crippen LogP contribution in [-0.2, 0) is 4.43 Å². The fourth-order valence-corrected chi connectivity index (χ4v) is 3.51. The van der Waals surface area contributed by atoms with Gasteiger partial charge in [0.2, 0.25) is 0 Å². The molecule has 0 aliphatic heterocycles. The van der Waals surface area contributed by atoms with E-state index in [2.05, 4.69) is 31.5 Å². The molecule has 15 heavy (non-hydrogen) atoms. The summed E-state index contributed by atoms with van der Waals surface area (Å²) >= 11 is 1.66. The first-order chi connectivity index (χ1) is 6.79. The van der Waals surface area contributed by atoms with Gasteiger partial charge in [-0.1, -0.05) is 17.9 Å². The van der Waals surface area contributed by atoms with Crippen molar-refractivity contribution in [3.63, 3.8) is 0 Å². The number of thiophene rings is 1. The molecule has 0 atom stereocenters. The molecule has 1 nitrogen and oxygen atoms in total. The van der Waals surface area contributed by atoms with Gasteiger partial charge in [0.1, 0.15) is 5.60 Å². The molecule has 3 heteroatoms. The van der Waals surface area contributed by atoms with Crippen molar-refractivity contribution in [2.24, 2.45) is 0 Å². The molecule has 1 rings (SSSR count). The molecule has 1 aromatic rings. The first kappa shape index (κ1) is 12.5. The van der Waals surface area contributed by atoms with Crippen molar-refractivity contribution in [1.29, 1.82) is 0 Å². The summed E-state index contributed by atoms with van der Waals surface area (Å²) in [7, 11) is -1.51. The number of hydrogen-bond acceptors (Lipinski definition) is 2. The minimum Gasteiger partial charge on any atom is -0.402 e. The van der Waals surface area contributed by atoms with E-state index in [1.165, 1.54) is 0 Å². The van der Waals surface area contributed by atoms with E-state index in [9.17, 15) is 0 Å². The van der Waals surface area contributed by atoms with Crippen LogP contribution in [0, 0.1) is 11.8 Å². The van der Waals surface area contributed by atoms with E-state index in [0.29, 0.717) is 0 Å². The van der Waals surface area contributed by atoms with Crippen LogP contribution in [0.25, 0.3) is 0 Å². The van der Waals surface area contributed by atoms with Crippen LogP contribution in [0.2, 0.25) is 19.6 Å². The second-order valence-corrected chi connectivity index (χ2v) is 10.3. The van der Waals surface area contributed by atoms with E-state index in [4.69, 9.17) is 4.43 Å². The van der Waals surface area contributed by atoms with Crippen LogP contribution in [0.3, 0.4) is 0 Å². The molecule has 0 fully saturated rings. The second-order valence-electron chi connectivity index (χ2n) is 4.95.